The zero-order chi connectivity index (χ0) is 19.1. The lowest BCUT2D eigenvalue weighted by atomic mass is 9.91. The number of hydrogen-bond acceptors (Lipinski definition) is 4. The molecule has 26 heavy (non-hydrogen) atoms. The molecule has 138 valence electrons. The molecule has 2 heterocycles. The van der Waals surface area contributed by atoms with Gasteiger partial charge >= 0.3 is 6.18 Å². The second kappa shape index (κ2) is 6.40. The van der Waals surface area contributed by atoms with Crippen LogP contribution in [0, 0.1) is 0 Å². The number of nitrogens with zero attached hydrogens (tertiary/aromatic N) is 2. The molecule has 0 fully saturated rings. The second-order valence-corrected chi connectivity index (χ2v) is 7.19. The van der Waals surface area contributed by atoms with Gasteiger partial charge in [-0.25, -0.2) is 0 Å². The van der Waals surface area contributed by atoms with Crippen LogP contribution in [0.25, 0.3) is 10.2 Å². The fourth-order valence-corrected chi connectivity index (χ4v) is 3.55. The van der Waals surface area contributed by atoms with Crippen LogP contribution < -0.4 is 5.32 Å². The Morgan fingerprint density at radius 2 is 2.00 bits per heavy atom. The van der Waals surface area contributed by atoms with Crippen LogP contribution >= 0.6 is 11.3 Å². The molecule has 1 unspecified atom stereocenters. The van der Waals surface area contributed by atoms with Gasteiger partial charge in [0.2, 0.25) is 0 Å². The zero-order valence-electron chi connectivity index (χ0n) is 14.0. The van der Waals surface area contributed by atoms with Crippen LogP contribution in [0.2, 0.25) is 0 Å². The van der Waals surface area contributed by atoms with Crippen molar-refractivity contribution in [2.45, 2.75) is 18.6 Å². The van der Waals surface area contributed by atoms with Crippen molar-refractivity contribution in [2.75, 3.05) is 6.61 Å². The Bertz CT molecular complexity index is 964. The lowest BCUT2D eigenvalue weighted by Gasteiger charge is -2.29. The van der Waals surface area contributed by atoms with E-state index in [0.29, 0.717) is 4.88 Å². The third-order valence-corrected chi connectivity index (χ3v) is 5.38. The number of alkyl halides is 3. The molecule has 1 atom stereocenters. The number of rotatable bonds is 4. The van der Waals surface area contributed by atoms with Crippen LogP contribution in [0.5, 0.6) is 0 Å². The van der Waals surface area contributed by atoms with E-state index >= 15 is 0 Å². The zero-order valence-corrected chi connectivity index (χ0v) is 14.8. The molecule has 0 aliphatic rings. The SMILES string of the molecule is Cn1ncc2cc(C(=O)NC(C)(CO)c3cccc(C(F)(F)F)c3)sc21. The molecule has 0 aliphatic heterocycles. The van der Waals surface area contributed by atoms with Gasteiger partial charge in [-0.3, -0.25) is 9.48 Å². The van der Waals surface area contributed by atoms with Crippen LogP contribution in [0.15, 0.2) is 36.5 Å². The lowest BCUT2D eigenvalue weighted by Crippen LogP contribution is -2.46. The van der Waals surface area contributed by atoms with E-state index in [4.69, 9.17) is 0 Å². The van der Waals surface area contributed by atoms with Crippen LogP contribution in [-0.2, 0) is 18.8 Å². The monoisotopic (exact) mass is 383 g/mol. The van der Waals surface area contributed by atoms with E-state index in [9.17, 15) is 23.1 Å². The molecule has 9 heteroatoms. The van der Waals surface area contributed by atoms with Gasteiger partial charge < -0.3 is 10.4 Å². The first-order chi connectivity index (χ1) is 12.1. The molecule has 2 aromatic heterocycles. The minimum Gasteiger partial charge on any atom is -0.394 e. The van der Waals surface area contributed by atoms with E-state index in [0.717, 1.165) is 22.3 Å². The highest BCUT2D eigenvalue weighted by Crippen LogP contribution is 2.32. The molecule has 3 rings (SSSR count). The van der Waals surface area contributed by atoms with Crippen molar-refractivity contribution in [3.05, 3.63) is 52.5 Å². The molecule has 5 nitrogen and oxygen atoms in total. The topological polar surface area (TPSA) is 67.2 Å². The molecule has 1 aromatic carbocycles. The molecular weight excluding hydrogens is 367 g/mol. The van der Waals surface area contributed by atoms with Crippen molar-refractivity contribution in [3.8, 4) is 0 Å². The van der Waals surface area contributed by atoms with E-state index in [1.165, 1.54) is 30.4 Å². The number of aryl methyl sites for hydroxylation is 1. The van der Waals surface area contributed by atoms with E-state index in [2.05, 4.69) is 10.4 Å². The number of hydrogen-bond donors (Lipinski definition) is 2. The minimum atomic E-state index is -4.51. The van der Waals surface area contributed by atoms with Crippen LogP contribution in [-0.4, -0.2) is 27.4 Å². The summed E-state index contributed by atoms with van der Waals surface area (Å²) in [7, 11) is 1.75. The Labute approximate surface area is 151 Å². The Morgan fingerprint density at radius 1 is 1.31 bits per heavy atom. The summed E-state index contributed by atoms with van der Waals surface area (Å²) in [5.41, 5.74) is -2.02. The molecule has 1 amide bonds. The maximum Gasteiger partial charge on any atom is 0.416 e. The molecule has 0 bridgehead atoms. The Morgan fingerprint density at radius 3 is 2.62 bits per heavy atom. The molecule has 0 saturated carbocycles. The van der Waals surface area contributed by atoms with Gasteiger partial charge in [0.1, 0.15) is 4.83 Å². The number of aliphatic hydroxyl groups excluding tert-OH is 1. The van der Waals surface area contributed by atoms with Crippen LogP contribution in [0.1, 0.15) is 27.7 Å². The largest absolute Gasteiger partial charge is 0.416 e. The summed E-state index contributed by atoms with van der Waals surface area (Å²) in [5.74, 6) is -0.472. The highest BCUT2D eigenvalue weighted by Gasteiger charge is 2.34. The number of amides is 1. The molecule has 2 N–H and O–H groups in total. The number of carbonyl (C=O) groups excluding carboxylic acids is 1. The molecule has 0 spiro atoms. The van der Waals surface area contributed by atoms with Crippen LogP contribution in [0.4, 0.5) is 13.2 Å². The molecule has 0 saturated heterocycles. The third-order valence-electron chi connectivity index (χ3n) is 4.16. The normalized spacial score (nSPS) is 14.4. The highest BCUT2D eigenvalue weighted by atomic mass is 32.1. The number of nitrogens with one attached hydrogen (secondary N) is 1. The number of thiophene rings is 1. The van der Waals surface area contributed by atoms with Gasteiger partial charge in [0.15, 0.2) is 0 Å². The highest BCUT2D eigenvalue weighted by molar-refractivity contribution is 7.20. The van der Waals surface area contributed by atoms with Crippen LogP contribution in [0.3, 0.4) is 0 Å². The van der Waals surface area contributed by atoms with Crippen molar-refractivity contribution in [1.29, 1.82) is 0 Å². The molecule has 0 aliphatic carbocycles. The summed E-state index contributed by atoms with van der Waals surface area (Å²) in [5, 5.41) is 17.3. The summed E-state index contributed by atoms with van der Waals surface area (Å²) >= 11 is 1.22. The van der Waals surface area contributed by atoms with Gasteiger partial charge in [-0.05, 0) is 30.7 Å². The molecule has 3 aromatic rings. The Hall–Kier alpha value is -2.39. The first-order valence-electron chi connectivity index (χ1n) is 7.67. The quantitative estimate of drug-likeness (QED) is 0.727. The summed E-state index contributed by atoms with van der Waals surface area (Å²) in [6, 6.07) is 6.24. The van der Waals surface area contributed by atoms with Crippen molar-refractivity contribution in [2.24, 2.45) is 7.05 Å². The van der Waals surface area contributed by atoms with E-state index < -0.39 is 29.8 Å². The van der Waals surface area contributed by atoms with Crippen molar-refractivity contribution in [3.63, 3.8) is 0 Å². The predicted molar refractivity (Wildman–Crippen MR) is 91.9 cm³/mol. The predicted octanol–water partition coefficient (Wildman–Crippen LogP) is 3.29. The number of fused-ring (bicyclic) bond motifs is 1. The molecular formula is C17H16F3N3O2S. The smallest absolute Gasteiger partial charge is 0.394 e. The minimum absolute atomic E-state index is 0.172. The summed E-state index contributed by atoms with van der Waals surface area (Å²) in [6.45, 7) is 0.932. The first kappa shape index (κ1) is 18.4. The average Bonchev–Trinajstić information content (AvgIpc) is 3.16. The number of aromatic nitrogens is 2. The summed E-state index contributed by atoms with van der Waals surface area (Å²) < 4.78 is 40.5. The van der Waals surface area contributed by atoms with Crippen molar-refractivity contribution >= 4 is 27.5 Å². The summed E-state index contributed by atoms with van der Waals surface area (Å²) in [6.07, 6.45) is -2.88. The maximum atomic E-state index is 13.0. The second-order valence-electron chi connectivity index (χ2n) is 6.16. The number of halogens is 3. The van der Waals surface area contributed by atoms with Crippen molar-refractivity contribution in [1.82, 2.24) is 15.1 Å². The Balaban J connectivity index is 1.91. The Kier molecular flexibility index (Phi) is 4.53. The number of benzene rings is 1. The maximum absolute atomic E-state index is 13.0. The van der Waals surface area contributed by atoms with E-state index in [-0.39, 0.29) is 5.56 Å². The lowest BCUT2D eigenvalue weighted by molar-refractivity contribution is -0.137. The van der Waals surface area contributed by atoms with Gasteiger partial charge in [0.25, 0.3) is 5.91 Å². The van der Waals surface area contributed by atoms with E-state index in [1.807, 2.05) is 0 Å². The van der Waals surface area contributed by atoms with Gasteiger partial charge in [0, 0.05) is 12.4 Å². The molecule has 0 radical (unpaired) electrons. The van der Waals surface area contributed by atoms with Gasteiger partial charge in [-0.15, -0.1) is 11.3 Å². The van der Waals surface area contributed by atoms with Crippen molar-refractivity contribution < 1.29 is 23.1 Å². The fraction of sp³-hybridized carbons (Fsp3) is 0.294. The standard InChI is InChI=1S/C17H16F3N3O2S/c1-16(9-24,11-4-3-5-12(7-11)17(18,19)20)22-14(25)13-6-10-8-21-23(2)15(10)26-13/h3-8,24H,9H2,1-2H3,(H,22,25). The number of aliphatic hydroxyl groups is 1. The fourth-order valence-electron chi connectivity index (χ4n) is 2.61. The third kappa shape index (κ3) is 3.32. The van der Waals surface area contributed by atoms with Gasteiger partial charge in [-0.2, -0.15) is 18.3 Å². The average molecular weight is 383 g/mol. The summed E-state index contributed by atoms with van der Waals surface area (Å²) in [4.78, 5) is 13.8. The first-order valence-corrected chi connectivity index (χ1v) is 8.48. The number of carbonyl (C=O) groups is 1. The van der Waals surface area contributed by atoms with Gasteiger partial charge in [-0.1, -0.05) is 12.1 Å². The van der Waals surface area contributed by atoms with Gasteiger partial charge in [0.05, 0.1) is 28.8 Å². The van der Waals surface area contributed by atoms with E-state index in [1.54, 1.807) is 24.0 Å².